The Kier molecular flexibility index (Phi) is 6.05. The van der Waals surface area contributed by atoms with E-state index in [4.69, 9.17) is 17.3 Å². The third kappa shape index (κ3) is 4.36. The van der Waals surface area contributed by atoms with Crippen molar-refractivity contribution in [2.75, 3.05) is 11.9 Å². The van der Waals surface area contributed by atoms with Crippen molar-refractivity contribution in [1.29, 1.82) is 0 Å². The van der Waals surface area contributed by atoms with E-state index in [1.807, 2.05) is 0 Å². The molecule has 1 rings (SSSR count). The summed E-state index contributed by atoms with van der Waals surface area (Å²) in [6.45, 7) is 8.62. The van der Waals surface area contributed by atoms with Crippen LogP contribution in [0.15, 0.2) is 23.6 Å². The van der Waals surface area contributed by atoms with Crippen LogP contribution in [0.3, 0.4) is 0 Å². The molecule has 0 radical (unpaired) electrons. The number of hydrogen-bond donors (Lipinski definition) is 2. The predicted molar refractivity (Wildman–Crippen MR) is 79.6 cm³/mol. The third-order valence-electron chi connectivity index (χ3n) is 2.69. The van der Waals surface area contributed by atoms with E-state index < -0.39 is 0 Å². The Morgan fingerprint density at radius 3 is 2.84 bits per heavy atom. The molecule has 6 heteroatoms. The zero-order valence-electron chi connectivity index (χ0n) is 11.4. The lowest BCUT2D eigenvalue weighted by atomic mass is 10.0. The highest BCUT2D eigenvalue weighted by atomic mass is 35.5. The number of anilines is 1. The molecule has 0 bridgehead atoms. The van der Waals surface area contributed by atoms with Gasteiger partial charge in [-0.3, -0.25) is 4.79 Å². The monoisotopic (exact) mass is 284 g/mol. The van der Waals surface area contributed by atoms with Crippen LogP contribution in [0.5, 0.6) is 0 Å². The van der Waals surface area contributed by atoms with Gasteiger partial charge in [-0.05, 0) is 12.3 Å². The second-order valence-electron chi connectivity index (χ2n) is 4.85. The highest BCUT2D eigenvalue weighted by Gasteiger charge is 2.13. The third-order valence-corrected chi connectivity index (χ3v) is 3.05. The molecular formula is C13H21ClN4O. The van der Waals surface area contributed by atoms with Crippen molar-refractivity contribution < 1.29 is 0 Å². The molecule has 3 N–H and O–H groups in total. The Bertz CT molecular complexity index is 484. The first kappa shape index (κ1) is 15.7. The molecule has 1 atom stereocenters. The van der Waals surface area contributed by atoms with Crippen molar-refractivity contribution in [3.8, 4) is 0 Å². The van der Waals surface area contributed by atoms with E-state index in [2.05, 4.69) is 30.8 Å². The molecule has 106 valence electrons. The minimum atomic E-state index is -0.327. The maximum Gasteiger partial charge on any atom is 0.287 e. The minimum absolute atomic E-state index is 0.0777. The molecule has 1 heterocycles. The van der Waals surface area contributed by atoms with Crippen LogP contribution in [-0.2, 0) is 6.54 Å². The number of aromatic nitrogens is 2. The first-order valence-electron chi connectivity index (χ1n) is 6.32. The van der Waals surface area contributed by atoms with Crippen LogP contribution >= 0.6 is 11.6 Å². The number of nitrogens with one attached hydrogen (secondary N) is 1. The topological polar surface area (TPSA) is 72.9 Å². The van der Waals surface area contributed by atoms with Crippen molar-refractivity contribution in [3.63, 3.8) is 0 Å². The first-order chi connectivity index (χ1) is 8.99. The summed E-state index contributed by atoms with van der Waals surface area (Å²) < 4.78 is 1.26. The zero-order valence-corrected chi connectivity index (χ0v) is 12.2. The maximum atomic E-state index is 11.9. The Morgan fingerprint density at radius 1 is 1.63 bits per heavy atom. The van der Waals surface area contributed by atoms with Gasteiger partial charge in [-0.2, -0.15) is 5.10 Å². The molecule has 1 aromatic rings. The predicted octanol–water partition coefficient (Wildman–Crippen LogP) is 1.87. The van der Waals surface area contributed by atoms with Gasteiger partial charge in [0.15, 0.2) is 0 Å². The quantitative estimate of drug-likeness (QED) is 0.750. The summed E-state index contributed by atoms with van der Waals surface area (Å²) in [6, 6.07) is 0.0777. The molecule has 0 aliphatic rings. The standard InChI is InChI=1S/C13H21ClN4O/c1-4-5-18-13(19)12(14)11(8-16-18)17-10(7-15)6-9(2)3/h4,8-10,17H,1,5-7,15H2,2-3H3. The molecule has 0 aliphatic carbocycles. The Balaban J connectivity index is 2.92. The smallest absolute Gasteiger partial charge is 0.287 e. The summed E-state index contributed by atoms with van der Waals surface area (Å²) in [5.74, 6) is 0.508. The molecule has 5 nitrogen and oxygen atoms in total. The van der Waals surface area contributed by atoms with E-state index in [0.717, 1.165) is 6.42 Å². The first-order valence-corrected chi connectivity index (χ1v) is 6.70. The number of nitrogens with two attached hydrogens (primary N) is 1. The normalized spacial score (nSPS) is 12.5. The molecule has 0 aliphatic heterocycles. The lowest BCUT2D eigenvalue weighted by Crippen LogP contribution is -2.32. The van der Waals surface area contributed by atoms with Gasteiger partial charge < -0.3 is 11.1 Å². The average Bonchev–Trinajstić information content (AvgIpc) is 2.37. The van der Waals surface area contributed by atoms with Gasteiger partial charge in [0.25, 0.3) is 5.56 Å². The second-order valence-corrected chi connectivity index (χ2v) is 5.23. The fourth-order valence-electron chi connectivity index (χ4n) is 1.82. The van der Waals surface area contributed by atoms with Gasteiger partial charge in [0.05, 0.1) is 18.4 Å². The van der Waals surface area contributed by atoms with Crippen molar-refractivity contribution in [3.05, 3.63) is 34.2 Å². The highest BCUT2D eigenvalue weighted by molar-refractivity contribution is 6.32. The molecule has 0 fully saturated rings. The van der Waals surface area contributed by atoms with Gasteiger partial charge in [-0.1, -0.05) is 31.5 Å². The van der Waals surface area contributed by atoms with Crippen LogP contribution in [0, 0.1) is 5.92 Å². The number of allylic oxidation sites excluding steroid dienone is 1. The molecule has 0 saturated carbocycles. The molecule has 0 saturated heterocycles. The maximum absolute atomic E-state index is 11.9. The number of rotatable bonds is 7. The van der Waals surface area contributed by atoms with Gasteiger partial charge >= 0.3 is 0 Å². The fraction of sp³-hybridized carbons (Fsp3) is 0.538. The van der Waals surface area contributed by atoms with Crippen molar-refractivity contribution in [1.82, 2.24) is 9.78 Å². The Hall–Kier alpha value is -1.33. The SMILES string of the molecule is C=CCn1ncc(NC(CN)CC(C)C)c(Cl)c1=O. The van der Waals surface area contributed by atoms with Crippen LogP contribution in [0.25, 0.3) is 0 Å². The molecular weight excluding hydrogens is 264 g/mol. The molecule has 1 aromatic heterocycles. The number of halogens is 1. The van der Waals surface area contributed by atoms with Crippen LogP contribution in [0.4, 0.5) is 5.69 Å². The molecule has 0 aromatic carbocycles. The molecule has 0 spiro atoms. The van der Waals surface area contributed by atoms with E-state index in [-0.39, 0.29) is 16.6 Å². The number of nitrogens with zero attached hydrogens (tertiary/aromatic N) is 2. The van der Waals surface area contributed by atoms with Crippen molar-refractivity contribution in [2.45, 2.75) is 32.9 Å². The van der Waals surface area contributed by atoms with E-state index in [1.54, 1.807) is 12.3 Å². The van der Waals surface area contributed by atoms with E-state index in [0.29, 0.717) is 24.7 Å². The largest absolute Gasteiger partial charge is 0.378 e. The summed E-state index contributed by atoms with van der Waals surface area (Å²) in [5.41, 5.74) is 5.92. The van der Waals surface area contributed by atoms with Gasteiger partial charge in [-0.15, -0.1) is 6.58 Å². The van der Waals surface area contributed by atoms with Gasteiger partial charge in [-0.25, -0.2) is 4.68 Å². The lowest BCUT2D eigenvalue weighted by Gasteiger charge is -2.20. The van der Waals surface area contributed by atoms with E-state index in [1.165, 1.54) is 4.68 Å². The minimum Gasteiger partial charge on any atom is -0.378 e. The van der Waals surface area contributed by atoms with Crippen molar-refractivity contribution in [2.24, 2.45) is 11.7 Å². The lowest BCUT2D eigenvalue weighted by molar-refractivity contribution is 0.521. The second kappa shape index (κ2) is 7.31. The van der Waals surface area contributed by atoms with Gasteiger partial charge in [0, 0.05) is 12.6 Å². The van der Waals surface area contributed by atoms with Gasteiger partial charge in [0.1, 0.15) is 5.02 Å². The zero-order chi connectivity index (χ0) is 14.4. The van der Waals surface area contributed by atoms with Crippen LogP contribution in [0.1, 0.15) is 20.3 Å². The fourth-order valence-corrected chi connectivity index (χ4v) is 2.02. The summed E-state index contributed by atoms with van der Waals surface area (Å²) in [5, 5.41) is 7.36. The van der Waals surface area contributed by atoms with E-state index >= 15 is 0 Å². The van der Waals surface area contributed by atoms with Gasteiger partial charge in [0.2, 0.25) is 0 Å². The Labute approximate surface area is 118 Å². The molecule has 19 heavy (non-hydrogen) atoms. The van der Waals surface area contributed by atoms with Crippen LogP contribution < -0.4 is 16.6 Å². The van der Waals surface area contributed by atoms with Crippen LogP contribution in [-0.4, -0.2) is 22.4 Å². The Morgan fingerprint density at radius 2 is 2.32 bits per heavy atom. The summed E-state index contributed by atoms with van der Waals surface area (Å²) in [6.07, 6.45) is 4.05. The summed E-state index contributed by atoms with van der Waals surface area (Å²) in [4.78, 5) is 11.9. The molecule has 0 amide bonds. The summed E-state index contributed by atoms with van der Waals surface area (Å²) in [7, 11) is 0. The highest BCUT2D eigenvalue weighted by Crippen LogP contribution is 2.18. The number of hydrogen-bond acceptors (Lipinski definition) is 4. The van der Waals surface area contributed by atoms with Crippen molar-refractivity contribution >= 4 is 17.3 Å². The van der Waals surface area contributed by atoms with E-state index in [9.17, 15) is 4.79 Å². The van der Waals surface area contributed by atoms with Crippen LogP contribution in [0.2, 0.25) is 5.02 Å². The average molecular weight is 285 g/mol. The summed E-state index contributed by atoms with van der Waals surface area (Å²) >= 11 is 6.06. The molecule has 1 unspecified atom stereocenters.